The molecule has 31 heavy (non-hydrogen) atoms. The molecule has 0 fully saturated rings. The molecule has 0 unspecified atom stereocenters. The first-order valence-corrected chi connectivity index (χ1v) is 10.00. The second-order valence-electron chi connectivity index (χ2n) is 6.74. The molecule has 0 saturated heterocycles. The summed E-state index contributed by atoms with van der Waals surface area (Å²) in [6.45, 7) is -0.0967. The van der Waals surface area contributed by atoms with Gasteiger partial charge in [0.1, 0.15) is 12.6 Å². The predicted octanol–water partition coefficient (Wildman–Crippen LogP) is 2.22. The Morgan fingerprint density at radius 3 is 2.42 bits per heavy atom. The Morgan fingerprint density at radius 2 is 1.74 bits per heavy atom. The van der Waals surface area contributed by atoms with Crippen LogP contribution in [-0.4, -0.2) is 48.9 Å². The van der Waals surface area contributed by atoms with Gasteiger partial charge in [0, 0.05) is 18.0 Å². The minimum Gasteiger partial charge on any atom is -0.467 e. The number of esters is 1. The van der Waals surface area contributed by atoms with Gasteiger partial charge in [-0.15, -0.1) is 0 Å². The molecule has 8 nitrogen and oxygen atoms in total. The highest BCUT2D eigenvalue weighted by Crippen LogP contribution is 2.17. The van der Waals surface area contributed by atoms with Gasteiger partial charge in [0.25, 0.3) is 0 Å². The molecule has 0 bridgehead atoms. The third-order valence-corrected chi connectivity index (χ3v) is 4.69. The van der Waals surface area contributed by atoms with Crippen LogP contribution in [0.4, 0.5) is 4.79 Å². The van der Waals surface area contributed by atoms with Crippen LogP contribution in [0.15, 0.2) is 54.6 Å². The molecule has 9 heteroatoms. The molecule has 166 valence electrons. The summed E-state index contributed by atoms with van der Waals surface area (Å²) < 4.78 is 9.78. The molecule has 2 aromatic carbocycles. The van der Waals surface area contributed by atoms with Crippen molar-refractivity contribution in [2.24, 2.45) is 0 Å². The first-order valence-electron chi connectivity index (χ1n) is 9.62. The van der Waals surface area contributed by atoms with Gasteiger partial charge >= 0.3 is 12.1 Å². The minimum absolute atomic E-state index is 0.0894. The van der Waals surface area contributed by atoms with Crippen molar-refractivity contribution in [3.8, 4) is 0 Å². The van der Waals surface area contributed by atoms with Gasteiger partial charge in [-0.05, 0) is 17.2 Å². The van der Waals surface area contributed by atoms with E-state index in [2.05, 4.69) is 10.6 Å². The Bertz CT molecular complexity index is 877. The highest BCUT2D eigenvalue weighted by atomic mass is 35.5. The minimum atomic E-state index is -1.16. The molecule has 2 amide bonds. The smallest absolute Gasteiger partial charge is 0.407 e. The van der Waals surface area contributed by atoms with E-state index in [1.165, 1.54) is 7.11 Å². The molecule has 0 aliphatic rings. The Morgan fingerprint density at radius 1 is 1.06 bits per heavy atom. The van der Waals surface area contributed by atoms with Crippen molar-refractivity contribution in [3.63, 3.8) is 0 Å². The number of carbonyl (C=O) groups excluding carboxylic acids is 3. The lowest BCUT2D eigenvalue weighted by atomic mass is 10.1. The summed E-state index contributed by atoms with van der Waals surface area (Å²) in [6.07, 6.45) is -2.06. The van der Waals surface area contributed by atoms with Crippen molar-refractivity contribution < 1.29 is 29.0 Å². The van der Waals surface area contributed by atoms with Crippen LogP contribution in [0.1, 0.15) is 17.5 Å². The van der Waals surface area contributed by atoms with Crippen molar-refractivity contribution >= 4 is 29.6 Å². The first-order chi connectivity index (χ1) is 14.9. The van der Waals surface area contributed by atoms with Crippen LogP contribution in [0.2, 0.25) is 5.02 Å². The maximum absolute atomic E-state index is 12.3. The van der Waals surface area contributed by atoms with Gasteiger partial charge < -0.3 is 25.2 Å². The zero-order chi connectivity index (χ0) is 22.6. The topological polar surface area (TPSA) is 114 Å². The number of alkyl carbamates (subject to hydrolysis) is 1. The number of halogens is 1. The predicted molar refractivity (Wildman–Crippen MR) is 114 cm³/mol. The molecule has 0 heterocycles. The fraction of sp³-hybridized carbons (Fsp3) is 0.318. The molecule has 3 N–H and O–H groups in total. The van der Waals surface area contributed by atoms with E-state index in [1.54, 1.807) is 24.3 Å². The van der Waals surface area contributed by atoms with Crippen LogP contribution in [0.25, 0.3) is 0 Å². The second-order valence-corrected chi connectivity index (χ2v) is 7.15. The summed E-state index contributed by atoms with van der Waals surface area (Å²) in [4.78, 5) is 36.0. The van der Waals surface area contributed by atoms with E-state index in [4.69, 9.17) is 21.1 Å². The molecule has 2 aromatic rings. The third kappa shape index (κ3) is 8.65. The monoisotopic (exact) mass is 448 g/mol. The number of ether oxygens (including phenoxy) is 2. The van der Waals surface area contributed by atoms with Gasteiger partial charge in [-0.3, -0.25) is 4.79 Å². The Labute approximate surface area is 185 Å². The van der Waals surface area contributed by atoms with Crippen LogP contribution < -0.4 is 10.6 Å². The fourth-order valence-electron chi connectivity index (χ4n) is 2.73. The normalized spacial score (nSPS) is 12.4. The zero-order valence-corrected chi connectivity index (χ0v) is 17.8. The highest BCUT2D eigenvalue weighted by molar-refractivity contribution is 6.31. The van der Waals surface area contributed by atoms with Crippen LogP contribution in [0, 0.1) is 0 Å². The molecule has 0 spiro atoms. The van der Waals surface area contributed by atoms with Crippen LogP contribution in [-0.2, 0) is 32.1 Å². The Kier molecular flexibility index (Phi) is 9.80. The number of benzene rings is 2. The van der Waals surface area contributed by atoms with Crippen LogP contribution >= 0.6 is 11.6 Å². The number of methoxy groups -OCH3 is 1. The van der Waals surface area contributed by atoms with Crippen LogP contribution in [0.5, 0.6) is 0 Å². The van der Waals surface area contributed by atoms with E-state index in [0.717, 1.165) is 5.56 Å². The van der Waals surface area contributed by atoms with E-state index in [0.29, 0.717) is 10.6 Å². The summed E-state index contributed by atoms with van der Waals surface area (Å²) in [5.41, 5.74) is 1.49. The number of amides is 2. The lowest BCUT2D eigenvalue weighted by molar-refractivity contribution is -0.145. The van der Waals surface area contributed by atoms with E-state index < -0.39 is 30.1 Å². The standard InChI is InChI=1S/C22H25ClN2O6/c1-30-21(28)19(11-16-9-5-6-10-18(16)23)25-20(27)12-17(26)13-24-22(29)31-14-15-7-3-2-4-8-15/h2-10,17,19,26H,11-14H2,1H3,(H,24,29)(H,25,27)/t17-,19-/m1/s1. The van der Waals surface area contributed by atoms with E-state index >= 15 is 0 Å². The van der Waals surface area contributed by atoms with Gasteiger partial charge in [-0.25, -0.2) is 9.59 Å². The zero-order valence-electron chi connectivity index (χ0n) is 17.0. The number of aliphatic hydroxyl groups excluding tert-OH is 1. The largest absolute Gasteiger partial charge is 0.467 e. The highest BCUT2D eigenvalue weighted by Gasteiger charge is 2.24. The number of aliphatic hydroxyl groups is 1. The summed E-state index contributed by atoms with van der Waals surface area (Å²) in [5, 5.41) is 15.4. The van der Waals surface area contributed by atoms with Crippen molar-refractivity contribution in [3.05, 3.63) is 70.7 Å². The number of hydrogen-bond donors (Lipinski definition) is 3. The molecule has 0 radical (unpaired) electrons. The maximum atomic E-state index is 12.3. The number of carbonyl (C=O) groups is 3. The summed E-state index contributed by atoms with van der Waals surface area (Å²) in [7, 11) is 1.22. The van der Waals surface area contributed by atoms with Gasteiger partial charge in [0.15, 0.2) is 0 Å². The van der Waals surface area contributed by atoms with Crippen molar-refractivity contribution in [1.82, 2.24) is 10.6 Å². The first kappa shape index (κ1) is 24.2. The number of nitrogens with one attached hydrogen (secondary N) is 2. The maximum Gasteiger partial charge on any atom is 0.407 e. The molecule has 0 aromatic heterocycles. The lowest BCUT2D eigenvalue weighted by Gasteiger charge is -2.18. The van der Waals surface area contributed by atoms with E-state index in [-0.39, 0.29) is 26.0 Å². The summed E-state index contributed by atoms with van der Waals surface area (Å²) >= 11 is 6.12. The molecule has 2 rings (SSSR count). The fourth-order valence-corrected chi connectivity index (χ4v) is 2.95. The molecule has 0 aliphatic carbocycles. The molecule has 2 atom stereocenters. The van der Waals surface area contributed by atoms with Gasteiger partial charge in [-0.2, -0.15) is 0 Å². The summed E-state index contributed by atoms with van der Waals surface area (Å²) in [5.74, 6) is -1.21. The van der Waals surface area contributed by atoms with Crippen LogP contribution in [0.3, 0.4) is 0 Å². The van der Waals surface area contributed by atoms with Crippen molar-refractivity contribution in [2.45, 2.75) is 31.6 Å². The average molecular weight is 449 g/mol. The average Bonchev–Trinajstić information content (AvgIpc) is 2.77. The lowest BCUT2D eigenvalue weighted by Crippen LogP contribution is -2.45. The summed E-state index contributed by atoms with van der Waals surface area (Å²) in [6, 6.07) is 15.1. The van der Waals surface area contributed by atoms with Crippen molar-refractivity contribution in [2.75, 3.05) is 13.7 Å². The Hall–Kier alpha value is -3.10. The van der Waals surface area contributed by atoms with E-state index in [1.807, 2.05) is 30.3 Å². The van der Waals surface area contributed by atoms with Gasteiger partial charge in [-0.1, -0.05) is 60.1 Å². The van der Waals surface area contributed by atoms with Gasteiger partial charge in [0.05, 0.1) is 19.6 Å². The molecular weight excluding hydrogens is 424 g/mol. The van der Waals surface area contributed by atoms with Crippen molar-refractivity contribution in [1.29, 1.82) is 0 Å². The quantitative estimate of drug-likeness (QED) is 0.480. The third-order valence-electron chi connectivity index (χ3n) is 4.32. The number of hydrogen-bond acceptors (Lipinski definition) is 6. The Balaban J connectivity index is 1.78. The molecule has 0 aliphatic heterocycles. The SMILES string of the molecule is COC(=O)[C@@H](Cc1ccccc1Cl)NC(=O)C[C@@H](O)CNC(=O)OCc1ccccc1. The second kappa shape index (κ2) is 12.6. The number of rotatable bonds is 10. The molecule has 0 saturated carbocycles. The van der Waals surface area contributed by atoms with E-state index in [9.17, 15) is 19.5 Å². The molecular formula is C22H25ClN2O6. The van der Waals surface area contributed by atoms with Gasteiger partial charge in [0.2, 0.25) is 5.91 Å².